The van der Waals surface area contributed by atoms with Crippen molar-refractivity contribution in [3.63, 3.8) is 0 Å². The highest BCUT2D eigenvalue weighted by atomic mass is 19.1. The molecule has 3 nitrogen and oxygen atoms in total. The molecule has 2 rings (SSSR count). The van der Waals surface area contributed by atoms with E-state index in [-0.39, 0.29) is 0 Å². The molecule has 1 aromatic heterocycles. The molecule has 4 heteroatoms. The van der Waals surface area contributed by atoms with Crippen LogP contribution in [0.25, 0.3) is 0 Å². The highest BCUT2D eigenvalue weighted by Crippen LogP contribution is 2.25. The second-order valence-corrected chi connectivity index (χ2v) is 4.06. The van der Waals surface area contributed by atoms with Crippen molar-refractivity contribution in [2.24, 2.45) is 11.8 Å². The molecule has 0 aliphatic carbocycles. The molecule has 0 amide bonds. The first-order valence-electron chi connectivity index (χ1n) is 4.89. The summed E-state index contributed by atoms with van der Waals surface area (Å²) in [6.07, 6.45) is 1.28. The molecular formula is C10H14FN3. The molecule has 0 spiro atoms. The van der Waals surface area contributed by atoms with E-state index in [2.05, 4.69) is 28.7 Å². The molecule has 0 N–H and O–H groups in total. The first-order valence-corrected chi connectivity index (χ1v) is 4.89. The molecule has 14 heavy (non-hydrogen) atoms. The molecule has 0 aromatic carbocycles. The van der Waals surface area contributed by atoms with Crippen molar-refractivity contribution >= 4 is 5.82 Å². The fraction of sp³-hybridized carbons (Fsp3) is 0.600. The number of nitrogens with zero attached hydrogens (tertiary/aromatic N) is 3. The molecular weight excluding hydrogens is 181 g/mol. The van der Waals surface area contributed by atoms with Gasteiger partial charge in [-0.3, -0.25) is 0 Å². The van der Waals surface area contributed by atoms with Crippen LogP contribution in [-0.2, 0) is 0 Å². The minimum atomic E-state index is -0.456. The van der Waals surface area contributed by atoms with Crippen LogP contribution in [-0.4, -0.2) is 23.1 Å². The Kier molecular flexibility index (Phi) is 2.35. The van der Waals surface area contributed by atoms with Crippen LogP contribution in [0.2, 0.25) is 0 Å². The molecule has 2 atom stereocenters. The van der Waals surface area contributed by atoms with Gasteiger partial charge in [-0.05, 0) is 11.8 Å². The topological polar surface area (TPSA) is 29.0 Å². The highest BCUT2D eigenvalue weighted by molar-refractivity contribution is 5.38. The summed E-state index contributed by atoms with van der Waals surface area (Å²) in [5, 5.41) is 0. The van der Waals surface area contributed by atoms with Crippen molar-refractivity contribution in [1.29, 1.82) is 0 Å². The predicted octanol–water partition coefficient (Wildman–Crippen LogP) is 1.71. The van der Waals surface area contributed by atoms with Gasteiger partial charge in [0.15, 0.2) is 0 Å². The molecule has 1 aromatic rings. The summed E-state index contributed by atoms with van der Waals surface area (Å²) in [6.45, 7) is 6.33. The molecule has 2 heterocycles. The van der Waals surface area contributed by atoms with Crippen molar-refractivity contribution < 1.29 is 4.39 Å². The zero-order chi connectivity index (χ0) is 10.1. The molecule has 1 aliphatic heterocycles. The third-order valence-corrected chi connectivity index (χ3v) is 2.93. The summed E-state index contributed by atoms with van der Waals surface area (Å²) >= 11 is 0. The fourth-order valence-electron chi connectivity index (χ4n) is 1.81. The summed E-state index contributed by atoms with van der Waals surface area (Å²) in [6, 6.07) is 1.39. The molecule has 76 valence electrons. The van der Waals surface area contributed by atoms with E-state index in [1.807, 2.05) is 0 Å². The van der Waals surface area contributed by atoms with Crippen molar-refractivity contribution in [2.75, 3.05) is 18.0 Å². The van der Waals surface area contributed by atoms with Gasteiger partial charge in [-0.1, -0.05) is 13.8 Å². The van der Waals surface area contributed by atoms with Gasteiger partial charge in [0.2, 0.25) is 5.95 Å². The molecule has 1 fully saturated rings. The Morgan fingerprint density at radius 2 is 1.93 bits per heavy atom. The van der Waals surface area contributed by atoms with E-state index in [0.29, 0.717) is 17.7 Å². The van der Waals surface area contributed by atoms with Crippen LogP contribution < -0.4 is 4.90 Å². The van der Waals surface area contributed by atoms with Crippen molar-refractivity contribution in [1.82, 2.24) is 9.97 Å². The first-order chi connectivity index (χ1) is 6.66. The van der Waals surface area contributed by atoms with Crippen molar-refractivity contribution in [3.05, 3.63) is 18.3 Å². The summed E-state index contributed by atoms with van der Waals surface area (Å²) in [4.78, 5) is 9.62. The zero-order valence-electron chi connectivity index (χ0n) is 8.44. The zero-order valence-corrected chi connectivity index (χ0v) is 8.44. The maximum absolute atomic E-state index is 12.8. The van der Waals surface area contributed by atoms with Gasteiger partial charge in [-0.2, -0.15) is 4.39 Å². The quantitative estimate of drug-likeness (QED) is 0.639. The van der Waals surface area contributed by atoms with E-state index < -0.39 is 5.95 Å². The summed E-state index contributed by atoms with van der Waals surface area (Å²) in [7, 11) is 0. The minimum Gasteiger partial charge on any atom is -0.356 e. The van der Waals surface area contributed by atoms with Gasteiger partial charge < -0.3 is 4.90 Å². The van der Waals surface area contributed by atoms with E-state index in [0.717, 1.165) is 13.1 Å². The van der Waals surface area contributed by atoms with Gasteiger partial charge in [0.1, 0.15) is 12.1 Å². The van der Waals surface area contributed by atoms with E-state index in [4.69, 9.17) is 0 Å². The smallest absolute Gasteiger partial charge is 0.218 e. The Balaban J connectivity index is 2.17. The van der Waals surface area contributed by atoms with E-state index in [9.17, 15) is 4.39 Å². The molecule has 0 radical (unpaired) electrons. The lowest BCUT2D eigenvalue weighted by atomic mass is 10.0. The molecule has 1 saturated heterocycles. The Hall–Kier alpha value is -1.19. The Labute approximate surface area is 83.0 Å². The Morgan fingerprint density at radius 3 is 2.50 bits per heavy atom. The number of halogens is 1. The predicted molar refractivity (Wildman–Crippen MR) is 52.5 cm³/mol. The van der Waals surface area contributed by atoms with Gasteiger partial charge in [0.25, 0.3) is 0 Å². The van der Waals surface area contributed by atoms with Crippen LogP contribution in [0.3, 0.4) is 0 Å². The first kappa shape index (κ1) is 9.37. The number of hydrogen-bond donors (Lipinski definition) is 0. The molecule has 2 unspecified atom stereocenters. The summed E-state index contributed by atoms with van der Waals surface area (Å²) in [5.74, 6) is 1.54. The maximum Gasteiger partial charge on any atom is 0.218 e. The van der Waals surface area contributed by atoms with Crippen LogP contribution in [0.4, 0.5) is 10.2 Å². The van der Waals surface area contributed by atoms with E-state index >= 15 is 0 Å². The Morgan fingerprint density at radius 1 is 1.29 bits per heavy atom. The Bertz CT molecular complexity index is 319. The average Bonchev–Trinajstić information content (AvgIpc) is 2.47. The van der Waals surface area contributed by atoms with Crippen LogP contribution in [0.15, 0.2) is 12.4 Å². The molecule has 1 aliphatic rings. The second-order valence-electron chi connectivity index (χ2n) is 4.06. The highest BCUT2D eigenvalue weighted by Gasteiger charge is 2.26. The molecule has 0 saturated carbocycles. The standard InChI is InChI=1S/C10H14FN3/c1-7-4-14(5-8(7)2)10-3-9(11)12-6-13-10/h3,6-8H,4-5H2,1-2H3. The van der Waals surface area contributed by atoms with Crippen LogP contribution in [0, 0.1) is 17.8 Å². The third-order valence-electron chi connectivity index (χ3n) is 2.93. The lowest BCUT2D eigenvalue weighted by Crippen LogP contribution is -2.21. The summed E-state index contributed by atoms with van der Waals surface area (Å²) in [5.41, 5.74) is 0. The van der Waals surface area contributed by atoms with Gasteiger partial charge in [0, 0.05) is 19.2 Å². The number of rotatable bonds is 1. The number of anilines is 1. The lowest BCUT2D eigenvalue weighted by Gasteiger charge is -2.16. The van der Waals surface area contributed by atoms with E-state index in [1.165, 1.54) is 12.4 Å². The van der Waals surface area contributed by atoms with Gasteiger partial charge in [-0.15, -0.1) is 0 Å². The van der Waals surface area contributed by atoms with Gasteiger partial charge in [-0.25, -0.2) is 9.97 Å². The van der Waals surface area contributed by atoms with Crippen LogP contribution in [0.1, 0.15) is 13.8 Å². The van der Waals surface area contributed by atoms with E-state index in [1.54, 1.807) is 0 Å². The number of aromatic nitrogens is 2. The third kappa shape index (κ3) is 1.69. The van der Waals surface area contributed by atoms with Crippen LogP contribution >= 0.6 is 0 Å². The maximum atomic E-state index is 12.8. The lowest BCUT2D eigenvalue weighted by molar-refractivity contribution is 0.494. The van der Waals surface area contributed by atoms with Gasteiger partial charge in [0.05, 0.1) is 0 Å². The summed E-state index contributed by atoms with van der Waals surface area (Å²) < 4.78 is 12.8. The normalized spacial score (nSPS) is 26.9. The fourth-order valence-corrected chi connectivity index (χ4v) is 1.81. The second kappa shape index (κ2) is 3.52. The average molecular weight is 195 g/mol. The SMILES string of the molecule is CC1CN(c2cc(F)ncn2)CC1C. The van der Waals surface area contributed by atoms with Crippen molar-refractivity contribution in [3.8, 4) is 0 Å². The number of hydrogen-bond acceptors (Lipinski definition) is 3. The minimum absolute atomic E-state index is 0.456. The van der Waals surface area contributed by atoms with Crippen molar-refractivity contribution in [2.45, 2.75) is 13.8 Å². The largest absolute Gasteiger partial charge is 0.356 e. The van der Waals surface area contributed by atoms with Crippen LogP contribution in [0.5, 0.6) is 0 Å². The molecule has 0 bridgehead atoms. The monoisotopic (exact) mass is 195 g/mol. The van der Waals surface area contributed by atoms with Gasteiger partial charge >= 0.3 is 0 Å².